The van der Waals surface area contributed by atoms with Crippen LogP contribution in [0.15, 0.2) is 23.3 Å². The van der Waals surface area contributed by atoms with Gasteiger partial charge in [-0.3, -0.25) is 0 Å². The van der Waals surface area contributed by atoms with E-state index in [0.29, 0.717) is 12.2 Å². The van der Waals surface area contributed by atoms with Crippen LogP contribution in [-0.2, 0) is 4.74 Å². The molecule has 0 radical (unpaired) electrons. The average molecular weight is 122 g/mol. The molecule has 2 unspecified atom stereocenters. The Morgan fingerprint density at radius 2 is 1.56 bits per heavy atom. The Bertz CT molecular complexity index is 179. The van der Waals surface area contributed by atoms with Crippen molar-refractivity contribution in [3.8, 4) is 0 Å². The highest BCUT2D eigenvalue weighted by molar-refractivity contribution is 5.37. The monoisotopic (exact) mass is 122 g/mol. The quantitative estimate of drug-likeness (QED) is 0.445. The molecule has 0 bridgehead atoms. The second-order valence-electron chi connectivity index (χ2n) is 2.76. The lowest BCUT2D eigenvalue weighted by Gasteiger charge is -2.02. The van der Waals surface area contributed by atoms with E-state index < -0.39 is 0 Å². The van der Waals surface area contributed by atoms with Gasteiger partial charge in [0.25, 0.3) is 0 Å². The molecule has 2 rings (SSSR count). The first-order valence-electron chi connectivity index (χ1n) is 3.30. The fourth-order valence-corrected chi connectivity index (χ4v) is 1.16. The Morgan fingerprint density at radius 3 is 2.00 bits per heavy atom. The van der Waals surface area contributed by atoms with Gasteiger partial charge in [0.2, 0.25) is 0 Å². The summed E-state index contributed by atoms with van der Waals surface area (Å²) >= 11 is 0. The largest absolute Gasteiger partial charge is 0.361 e. The van der Waals surface area contributed by atoms with Crippen molar-refractivity contribution in [1.29, 1.82) is 0 Å². The average Bonchev–Trinajstić information content (AvgIpc) is 2.46. The van der Waals surface area contributed by atoms with E-state index in [9.17, 15) is 0 Å². The smallest absolute Gasteiger partial charge is 0.107 e. The van der Waals surface area contributed by atoms with Crippen molar-refractivity contribution in [3.63, 3.8) is 0 Å². The Hall–Kier alpha value is -0.560. The van der Waals surface area contributed by atoms with Crippen molar-refractivity contribution in [3.05, 3.63) is 23.3 Å². The summed E-state index contributed by atoms with van der Waals surface area (Å²) in [6.45, 7) is 4.26. The van der Waals surface area contributed by atoms with Crippen molar-refractivity contribution in [2.75, 3.05) is 0 Å². The van der Waals surface area contributed by atoms with E-state index in [4.69, 9.17) is 4.74 Å². The summed E-state index contributed by atoms with van der Waals surface area (Å²) in [5.41, 5.74) is 2.74. The highest BCUT2D eigenvalue weighted by atomic mass is 16.6. The third-order valence-corrected chi connectivity index (χ3v) is 2.01. The lowest BCUT2D eigenvalue weighted by atomic mass is 10.0. The van der Waals surface area contributed by atoms with Gasteiger partial charge in [-0.1, -0.05) is 0 Å². The van der Waals surface area contributed by atoms with E-state index in [0.717, 1.165) is 0 Å². The standard InChI is InChI=1S/C8H10O/c1-5-3-7-8(9-7)4-6(5)2/h3-4,7-8H,1-2H3. The molecule has 0 aromatic carbocycles. The van der Waals surface area contributed by atoms with Crippen LogP contribution < -0.4 is 0 Å². The zero-order valence-electron chi connectivity index (χ0n) is 5.72. The maximum atomic E-state index is 5.27. The molecule has 1 saturated heterocycles. The van der Waals surface area contributed by atoms with Gasteiger partial charge in [-0.2, -0.15) is 0 Å². The summed E-state index contributed by atoms with van der Waals surface area (Å²) in [6.07, 6.45) is 5.24. The number of epoxide rings is 1. The lowest BCUT2D eigenvalue weighted by molar-refractivity contribution is 0.414. The van der Waals surface area contributed by atoms with Gasteiger partial charge < -0.3 is 4.74 Å². The molecule has 1 nitrogen and oxygen atoms in total. The maximum absolute atomic E-state index is 5.27. The number of fused-ring (bicyclic) bond motifs is 1. The van der Waals surface area contributed by atoms with E-state index in [-0.39, 0.29) is 0 Å². The first kappa shape index (κ1) is 5.24. The maximum Gasteiger partial charge on any atom is 0.107 e. The highest BCUT2D eigenvalue weighted by Crippen LogP contribution is 2.32. The Balaban J connectivity index is 2.32. The number of allylic oxidation sites excluding steroid dienone is 2. The summed E-state index contributed by atoms with van der Waals surface area (Å²) in [7, 11) is 0. The molecule has 1 aliphatic heterocycles. The van der Waals surface area contributed by atoms with Crippen molar-refractivity contribution < 1.29 is 4.74 Å². The van der Waals surface area contributed by atoms with Crippen LogP contribution in [0.2, 0.25) is 0 Å². The van der Waals surface area contributed by atoms with Crippen LogP contribution in [0.3, 0.4) is 0 Å². The fraction of sp³-hybridized carbons (Fsp3) is 0.500. The van der Waals surface area contributed by atoms with Crippen LogP contribution in [0, 0.1) is 0 Å². The molecule has 1 heteroatoms. The molecule has 1 fully saturated rings. The van der Waals surface area contributed by atoms with Crippen LogP contribution in [-0.4, -0.2) is 12.2 Å². The predicted molar refractivity (Wildman–Crippen MR) is 36.2 cm³/mol. The molecule has 0 aromatic rings. The van der Waals surface area contributed by atoms with Gasteiger partial charge in [-0.15, -0.1) is 0 Å². The summed E-state index contributed by atoms with van der Waals surface area (Å²) in [6, 6.07) is 0. The lowest BCUT2D eigenvalue weighted by Crippen LogP contribution is -1.96. The molecular weight excluding hydrogens is 112 g/mol. The molecule has 0 spiro atoms. The van der Waals surface area contributed by atoms with E-state index in [1.165, 1.54) is 11.1 Å². The molecular formula is C8H10O. The Kier molecular flexibility index (Phi) is 0.862. The molecule has 1 heterocycles. The summed E-state index contributed by atoms with van der Waals surface area (Å²) < 4.78 is 5.27. The minimum atomic E-state index is 0.425. The molecule has 0 amide bonds. The van der Waals surface area contributed by atoms with Crippen LogP contribution in [0.4, 0.5) is 0 Å². The van der Waals surface area contributed by atoms with Gasteiger partial charge in [0.1, 0.15) is 12.2 Å². The van der Waals surface area contributed by atoms with Crippen LogP contribution >= 0.6 is 0 Å². The van der Waals surface area contributed by atoms with Crippen molar-refractivity contribution in [2.24, 2.45) is 0 Å². The second-order valence-corrected chi connectivity index (χ2v) is 2.76. The molecule has 0 saturated carbocycles. The number of hydrogen-bond donors (Lipinski definition) is 0. The molecule has 2 aliphatic rings. The van der Waals surface area contributed by atoms with Gasteiger partial charge >= 0.3 is 0 Å². The first-order chi connectivity index (χ1) is 4.27. The minimum absolute atomic E-state index is 0.425. The number of rotatable bonds is 0. The topological polar surface area (TPSA) is 12.5 Å². The fourth-order valence-electron chi connectivity index (χ4n) is 1.16. The predicted octanol–water partition coefficient (Wildman–Crippen LogP) is 1.66. The van der Waals surface area contributed by atoms with Gasteiger partial charge in [-0.05, 0) is 37.1 Å². The van der Waals surface area contributed by atoms with E-state index in [1.54, 1.807) is 0 Å². The van der Waals surface area contributed by atoms with Crippen LogP contribution in [0.25, 0.3) is 0 Å². The molecule has 0 aromatic heterocycles. The molecule has 9 heavy (non-hydrogen) atoms. The van der Waals surface area contributed by atoms with Gasteiger partial charge in [0, 0.05) is 0 Å². The minimum Gasteiger partial charge on any atom is -0.361 e. The Morgan fingerprint density at radius 1 is 1.11 bits per heavy atom. The molecule has 48 valence electrons. The van der Waals surface area contributed by atoms with E-state index in [2.05, 4.69) is 26.0 Å². The Labute approximate surface area is 55.0 Å². The van der Waals surface area contributed by atoms with Gasteiger partial charge in [0.05, 0.1) is 0 Å². The third-order valence-electron chi connectivity index (χ3n) is 2.01. The molecule has 2 atom stereocenters. The van der Waals surface area contributed by atoms with E-state index >= 15 is 0 Å². The van der Waals surface area contributed by atoms with Crippen molar-refractivity contribution in [1.82, 2.24) is 0 Å². The molecule has 1 aliphatic carbocycles. The number of ether oxygens (including phenoxy) is 1. The zero-order valence-corrected chi connectivity index (χ0v) is 5.72. The third kappa shape index (κ3) is 0.724. The summed E-state index contributed by atoms with van der Waals surface area (Å²) in [5.74, 6) is 0. The van der Waals surface area contributed by atoms with E-state index in [1.807, 2.05) is 0 Å². The highest BCUT2D eigenvalue weighted by Gasteiger charge is 2.37. The summed E-state index contributed by atoms with van der Waals surface area (Å²) in [5, 5.41) is 0. The van der Waals surface area contributed by atoms with Gasteiger partial charge in [-0.25, -0.2) is 0 Å². The second kappa shape index (κ2) is 1.48. The SMILES string of the molecule is CC1=CC2OC2C=C1C. The first-order valence-corrected chi connectivity index (χ1v) is 3.30. The number of hydrogen-bond acceptors (Lipinski definition) is 1. The normalized spacial score (nSPS) is 38.9. The van der Waals surface area contributed by atoms with Crippen LogP contribution in [0.1, 0.15) is 13.8 Å². The zero-order chi connectivity index (χ0) is 6.43. The van der Waals surface area contributed by atoms with Crippen molar-refractivity contribution >= 4 is 0 Å². The molecule has 0 N–H and O–H groups in total. The van der Waals surface area contributed by atoms with Gasteiger partial charge in [0.15, 0.2) is 0 Å². The summed E-state index contributed by atoms with van der Waals surface area (Å²) in [4.78, 5) is 0. The van der Waals surface area contributed by atoms with Crippen molar-refractivity contribution in [2.45, 2.75) is 26.1 Å². The van der Waals surface area contributed by atoms with Crippen LogP contribution in [0.5, 0.6) is 0 Å².